The number of anilines is 1. The molecule has 2 unspecified atom stereocenters. The SMILES string of the molecule is Cc1nnc(SCC2(C(=O)O)CS[C@@H]3C(NC(=O)C(=NOC4CCCC4)c4nsc(N)n4)C(=O)N3C2)s1. The summed E-state index contributed by atoms with van der Waals surface area (Å²) in [7, 11) is 0. The molecule has 17 heteroatoms. The third-order valence-electron chi connectivity index (χ3n) is 6.33. The Morgan fingerprint density at radius 2 is 2.14 bits per heavy atom. The van der Waals surface area contributed by atoms with Gasteiger partial charge in [-0.3, -0.25) is 14.4 Å². The van der Waals surface area contributed by atoms with Crippen molar-refractivity contribution in [3.63, 3.8) is 0 Å². The number of hydrogen-bond donors (Lipinski definition) is 3. The molecule has 1 aliphatic carbocycles. The maximum atomic E-state index is 13.2. The Morgan fingerprint density at radius 3 is 2.78 bits per heavy atom. The summed E-state index contributed by atoms with van der Waals surface area (Å²) in [6.07, 6.45) is 3.68. The predicted octanol–water partition coefficient (Wildman–Crippen LogP) is 1.21. The normalized spacial score (nSPS) is 26.0. The van der Waals surface area contributed by atoms with Crippen LogP contribution in [0.1, 0.15) is 36.5 Å². The number of oxime groups is 1. The van der Waals surface area contributed by atoms with Crippen molar-refractivity contribution >= 4 is 75.0 Å². The van der Waals surface area contributed by atoms with Gasteiger partial charge in [0.05, 0.1) is 0 Å². The van der Waals surface area contributed by atoms with Gasteiger partial charge >= 0.3 is 5.97 Å². The lowest BCUT2D eigenvalue weighted by atomic mass is 9.89. The highest BCUT2D eigenvalue weighted by Crippen LogP contribution is 2.44. The molecular formula is C20H24N8O5S4. The molecule has 3 fully saturated rings. The number of fused-ring (bicyclic) bond motifs is 1. The van der Waals surface area contributed by atoms with Gasteiger partial charge in [0.1, 0.15) is 27.9 Å². The van der Waals surface area contributed by atoms with Gasteiger partial charge < -0.3 is 25.9 Å². The van der Waals surface area contributed by atoms with Crippen LogP contribution in [0.15, 0.2) is 9.50 Å². The zero-order valence-electron chi connectivity index (χ0n) is 19.7. The first-order valence-corrected chi connectivity index (χ1v) is 15.1. The summed E-state index contributed by atoms with van der Waals surface area (Å²) in [5.41, 5.74) is 4.41. The van der Waals surface area contributed by atoms with Crippen molar-refractivity contribution in [3.8, 4) is 0 Å². The Bertz CT molecular complexity index is 1230. The first-order chi connectivity index (χ1) is 17.8. The summed E-state index contributed by atoms with van der Waals surface area (Å²) >= 11 is 4.98. The number of nitrogens with two attached hydrogens (primary N) is 1. The molecule has 1 saturated carbocycles. The lowest BCUT2D eigenvalue weighted by Crippen LogP contribution is -2.74. The maximum Gasteiger partial charge on any atom is 0.313 e. The second-order valence-electron chi connectivity index (χ2n) is 8.99. The van der Waals surface area contributed by atoms with Crippen LogP contribution in [-0.2, 0) is 19.2 Å². The standard InChI is InChI=1S/C20H24N8O5S4/c1-9-24-25-19(36-9)35-8-20(17(31)32)6-28-15(30)12(16(28)34-7-20)22-14(29)11(13-23-18(21)37-27-13)26-33-10-4-2-3-5-10/h10,12,16H,2-8H2,1H3,(H,22,29)(H,31,32)(H2,21,23,27)/t12?,16-,20?/m1/s1. The number of nitrogens with zero attached hydrogens (tertiary/aromatic N) is 6. The fourth-order valence-electron chi connectivity index (χ4n) is 4.29. The number of carbonyl (C=O) groups excluding carboxylic acids is 2. The minimum Gasteiger partial charge on any atom is -0.481 e. The van der Waals surface area contributed by atoms with E-state index in [0.717, 1.165) is 42.2 Å². The Hall–Kier alpha value is -2.50. The first-order valence-electron chi connectivity index (χ1n) is 11.5. The average molecular weight is 585 g/mol. The minimum atomic E-state index is -1.14. The molecule has 13 nitrogen and oxygen atoms in total. The molecular weight excluding hydrogens is 561 g/mol. The number of aliphatic carboxylic acids is 1. The number of hydrogen-bond acceptors (Lipinski definition) is 14. The summed E-state index contributed by atoms with van der Waals surface area (Å²) < 4.78 is 4.76. The molecule has 2 aromatic heterocycles. The molecule has 5 rings (SSSR count). The van der Waals surface area contributed by atoms with Crippen LogP contribution in [0.25, 0.3) is 0 Å². The number of carboxylic acid groups (broad SMARTS) is 1. The average Bonchev–Trinajstić information content (AvgIpc) is 3.64. The maximum absolute atomic E-state index is 13.2. The molecule has 2 saturated heterocycles. The molecule has 4 N–H and O–H groups in total. The van der Waals surface area contributed by atoms with Crippen molar-refractivity contribution in [1.82, 2.24) is 29.8 Å². The summed E-state index contributed by atoms with van der Waals surface area (Å²) in [6, 6.07) is -0.824. The molecule has 198 valence electrons. The fraction of sp³-hybridized carbons (Fsp3) is 0.600. The molecule has 0 radical (unpaired) electrons. The molecule has 0 spiro atoms. The van der Waals surface area contributed by atoms with Gasteiger partial charge in [0.2, 0.25) is 17.4 Å². The van der Waals surface area contributed by atoms with E-state index in [-0.39, 0.29) is 52.1 Å². The molecule has 3 atom stereocenters. The summed E-state index contributed by atoms with van der Waals surface area (Å²) in [5, 5.41) is 25.4. The summed E-state index contributed by atoms with van der Waals surface area (Å²) in [6.45, 7) is 1.88. The number of amides is 2. The van der Waals surface area contributed by atoms with Gasteiger partial charge in [0, 0.05) is 29.6 Å². The van der Waals surface area contributed by atoms with Crippen LogP contribution in [0.4, 0.5) is 5.13 Å². The van der Waals surface area contributed by atoms with E-state index in [1.54, 1.807) is 0 Å². The van der Waals surface area contributed by atoms with Crippen LogP contribution in [0.2, 0.25) is 0 Å². The number of aromatic nitrogens is 4. The van der Waals surface area contributed by atoms with E-state index in [1.165, 1.54) is 39.8 Å². The summed E-state index contributed by atoms with van der Waals surface area (Å²) in [4.78, 5) is 49.5. The molecule has 3 aliphatic rings. The number of β-lactam (4-membered cyclic amide) rings is 1. The number of carbonyl (C=O) groups is 3. The monoisotopic (exact) mass is 584 g/mol. The van der Waals surface area contributed by atoms with E-state index >= 15 is 0 Å². The van der Waals surface area contributed by atoms with Gasteiger partial charge in [-0.1, -0.05) is 28.3 Å². The van der Waals surface area contributed by atoms with Crippen molar-refractivity contribution in [2.24, 2.45) is 10.6 Å². The van der Waals surface area contributed by atoms with E-state index in [0.29, 0.717) is 4.34 Å². The Balaban J connectivity index is 1.25. The van der Waals surface area contributed by atoms with Crippen molar-refractivity contribution in [1.29, 1.82) is 0 Å². The zero-order chi connectivity index (χ0) is 26.2. The topological polar surface area (TPSA) is 186 Å². The van der Waals surface area contributed by atoms with Crippen molar-refractivity contribution in [3.05, 3.63) is 10.8 Å². The Labute approximate surface area is 228 Å². The van der Waals surface area contributed by atoms with Crippen LogP contribution < -0.4 is 11.1 Å². The third kappa shape index (κ3) is 5.39. The molecule has 2 aliphatic heterocycles. The molecule has 0 bridgehead atoms. The minimum absolute atomic E-state index is 0.0340. The lowest BCUT2D eigenvalue weighted by Gasteiger charge is -2.53. The van der Waals surface area contributed by atoms with Gasteiger partial charge in [-0.2, -0.15) is 9.36 Å². The second-order valence-corrected chi connectivity index (χ2v) is 13.3. The van der Waals surface area contributed by atoms with Crippen molar-refractivity contribution in [2.75, 3.05) is 23.8 Å². The van der Waals surface area contributed by atoms with Crippen LogP contribution in [-0.4, -0.2) is 88.6 Å². The highest BCUT2D eigenvalue weighted by atomic mass is 32.2. The number of rotatable bonds is 9. The molecule has 0 aromatic carbocycles. The number of thioether (sulfide) groups is 2. The summed E-state index contributed by atoms with van der Waals surface area (Å²) in [5.74, 6) is -1.40. The highest BCUT2D eigenvalue weighted by Gasteiger charge is 2.57. The van der Waals surface area contributed by atoms with Gasteiger partial charge in [0.15, 0.2) is 9.47 Å². The van der Waals surface area contributed by atoms with Crippen molar-refractivity contribution in [2.45, 2.75) is 54.5 Å². The van der Waals surface area contributed by atoms with Gasteiger partial charge in [-0.15, -0.1) is 22.0 Å². The van der Waals surface area contributed by atoms with Crippen LogP contribution in [0, 0.1) is 12.3 Å². The van der Waals surface area contributed by atoms with E-state index in [2.05, 4.69) is 30.0 Å². The molecule has 2 amide bonds. The van der Waals surface area contributed by atoms with Gasteiger partial charge in [0.25, 0.3) is 5.91 Å². The number of carboxylic acids is 1. The highest BCUT2D eigenvalue weighted by molar-refractivity contribution is 8.01. The zero-order valence-corrected chi connectivity index (χ0v) is 22.9. The Morgan fingerprint density at radius 1 is 1.35 bits per heavy atom. The van der Waals surface area contributed by atoms with Gasteiger partial charge in [-0.25, -0.2) is 0 Å². The Kier molecular flexibility index (Phi) is 7.56. The smallest absolute Gasteiger partial charge is 0.313 e. The predicted molar refractivity (Wildman–Crippen MR) is 140 cm³/mol. The van der Waals surface area contributed by atoms with Crippen LogP contribution >= 0.6 is 46.4 Å². The molecule has 2 aromatic rings. The number of nitrogens with one attached hydrogen (secondary N) is 1. The lowest BCUT2D eigenvalue weighted by molar-refractivity contribution is -0.157. The number of aryl methyl sites for hydroxylation is 1. The number of nitrogen functional groups attached to an aromatic ring is 1. The first kappa shape index (κ1) is 26.1. The largest absolute Gasteiger partial charge is 0.481 e. The molecule has 4 heterocycles. The van der Waals surface area contributed by atoms with E-state index < -0.39 is 23.3 Å². The van der Waals surface area contributed by atoms with E-state index in [4.69, 9.17) is 10.6 Å². The quantitative estimate of drug-likeness (QED) is 0.166. The molecule has 37 heavy (non-hydrogen) atoms. The van der Waals surface area contributed by atoms with Crippen LogP contribution in [0.5, 0.6) is 0 Å². The van der Waals surface area contributed by atoms with Crippen LogP contribution in [0.3, 0.4) is 0 Å². The van der Waals surface area contributed by atoms with E-state index in [1.807, 2.05) is 6.92 Å². The van der Waals surface area contributed by atoms with Gasteiger partial charge in [-0.05, 0) is 32.6 Å². The fourth-order valence-corrected chi connectivity index (χ4v) is 8.40. The third-order valence-corrected chi connectivity index (χ3v) is 10.7. The van der Waals surface area contributed by atoms with E-state index in [9.17, 15) is 19.5 Å². The second kappa shape index (κ2) is 10.7. The van der Waals surface area contributed by atoms with Crippen molar-refractivity contribution < 1.29 is 24.3 Å².